The van der Waals surface area contributed by atoms with Crippen molar-refractivity contribution in [1.29, 1.82) is 0 Å². The van der Waals surface area contributed by atoms with E-state index in [0.29, 0.717) is 49.1 Å². The highest BCUT2D eigenvalue weighted by Gasteiger charge is 2.66. The number of amides is 2. The van der Waals surface area contributed by atoms with Crippen molar-refractivity contribution < 1.29 is 29.0 Å². The Morgan fingerprint density at radius 2 is 1.77 bits per heavy atom. The zero-order valence-electron chi connectivity index (χ0n) is 19.9. The Hall–Kier alpha value is -3.85. The number of carbonyl (C=O) groups excluding carboxylic acids is 3. The van der Waals surface area contributed by atoms with Crippen LogP contribution < -0.4 is 14.4 Å². The number of rotatable bonds is 5. The molecule has 9 nitrogen and oxygen atoms in total. The Labute approximate surface area is 203 Å². The molecule has 0 aromatic heterocycles. The summed E-state index contributed by atoms with van der Waals surface area (Å²) in [5.41, 5.74) is -0.603. The molecule has 1 atom stereocenters. The van der Waals surface area contributed by atoms with Gasteiger partial charge < -0.3 is 29.3 Å². The lowest BCUT2D eigenvalue weighted by Gasteiger charge is -2.35. The van der Waals surface area contributed by atoms with E-state index in [1.165, 1.54) is 4.90 Å². The molecule has 3 aliphatic heterocycles. The number of nitrogens with zero attached hydrogens (tertiary/aromatic N) is 3. The number of hydrogen-bond donors (Lipinski definition) is 1. The summed E-state index contributed by atoms with van der Waals surface area (Å²) in [7, 11) is 3.70. The van der Waals surface area contributed by atoms with Crippen LogP contribution in [0.25, 0.3) is 5.76 Å². The lowest BCUT2D eigenvalue weighted by Crippen LogP contribution is -2.53. The molecule has 9 heteroatoms. The fraction of sp³-hybridized carbons (Fsp3) is 0.346. The third kappa shape index (κ3) is 3.22. The van der Waals surface area contributed by atoms with Crippen LogP contribution in [0.4, 0.5) is 5.69 Å². The highest BCUT2D eigenvalue weighted by atomic mass is 16.6. The molecule has 1 N–H and O–H groups in total. The highest BCUT2D eigenvalue weighted by molar-refractivity contribution is 6.50. The summed E-state index contributed by atoms with van der Waals surface area (Å²) in [6.45, 7) is 3.51. The Morgan fingerprint density at radius 1 is 1.06 bits per heavy atom. The second-order valence-corrected chi connectivity index (χ2v) is 8.95. The Kier molecular flexibility index (Phi) is 5.52. The van der Waals surface area contributed by atoms with Crippen LogP contribution in [0.5, 0.6) is 11.5 Å². The molecule has 2 amide bonds. The van der Waals surface area contributed by atoms with Gasteiger partial charge in [-0.2, -0.15) is 0 Å². The quantitative estimate of drug-likeness (QED) is 0.399. The predicted octanol–water partition coefficient (Wildman–Crippen LogP) is 1.96. The molecule has 0 unspecified atom stereocenters. The van der Waals surface area contributed by atoms with Crippen molar-refractivity contribution in [1.82, 2.24) is 9.80 Å². The zero-order chi connectivity index (χ0) is 24.9. The van der Waals surface area contributed by atoms with Gasteiger partial charge in [-0.15, -0.1) is 0 Å². The van der Waals surface area contributed by atoms with Crippen LogP contribution in [0, 0.1) is 0 Å². The smallest absolute Gasteiger partial charge is 0.296 e. The number of fused-ring (bicyclic) bond motifs is 3. The second kappa shape index (κ2) is 8.42. The molecule has 0 aliphatic carbocycles. The first kappa shape index (κ1) is 22.9. The van der Waals surface area contributed by atoms with E-state index in [-0.39, 0.29) is 17.7 Å². The number of aliphatic hydroxyl groups is 1. The second-order valence-electron chi connectivity index (χ2n) is 8.95. The molecule has 1 spiro atoms. The van der Waals surface area contributed by atoms with Crippen LogP contribution in [0.15, 0.2) is 48.0 Å². The molecule has 0 saturated carbocycles. The van der Waals surface area contributed by atoms with Crippen molar-refractivity contribution in [2.45, 2.75) is 12.5 Å². The summed E-state index contributed by atoms with van der Waals surface area (Å²) in [4.78, 5) is 45.8. The summed E-state index contributed by atoms with van der Waals surface area (Å²) >= 11 is 0. The molecule has 3 aliphatic rings. The zero-order valence-corrected chi connectivity index (χ0v) is 19.9. The maximum atomic E-state index is 14.1. The fourth-order valence-electron chi connectivity index (χ4n) is 5.12. The molecule has 0 radical (unpaired) electrons. The van der Waals surface area contributed by atoms with Crippen molar-refractivity contribution in [3.8, 4) is 11.5 Å². The van der Waals surface area contributed by atoms with E-state index in [4.69, 9.17) is 9.47 Å². The molecular formula is C26H27N3O6. The number of aliphatic hydroxyl groups excluding tert-OH is 1. The topological polar surface area (TPSA) is 99.6 Å². The van der Waals surface area contributed by atoms with Gasteiger partial charge in [0.2, 0.25) is 0 Å². The van der Waals surface area contributed by atoms with Crippen LogP contribution in [0.3, 0.4) is 0 Å². The molecule has 1 fully saturated rings. The first-order valence-electron chi connectivity index (χ1n) is 11.6. The van der Waals surface area contributed by atoms with Gasteiger partial charge in [-0.25, -0.2) is 0 Å². The van der Waals surface area contributed by atoms with Crippen molar-refractivity contribution in [2.24, 2.45) is 0 Å². The van der Waals surface area contributed by atoms with Gasteiger partial charge in [0.1, 0.15) is 19.0 Å². The van der Waals surface area contributed by atoms with E-state index >= 15 is 0 Å². The average molecular weight is 478 g/mol. The van der Waals surface area contributed by atoms with Gasteiger partial charge in [0.05, 0.1) is 11.3 Å². The van der Waals surface area contributed by atoms with Crippen molar-refractivity contribution in [3.63, 3.8) is 0 Å². The van der Waals surface area contributed by atoms with E-state index in [0.717, 1.165) is 0 Å². The van der Waals surface area contributed by atoms with E-state index in [9.17, 15) is 19.5 Å². The SMILES string of the molecule is CCN1C(=O)[C@@]2(C(=C(O)c3ccc4c(c3)OCCO4)C(=O)C(=O)N2CCN(C)C)c2ccccc21. The van der Waals surface area contributed by atoms with Crippen LogP contribution in [0.2, 0.25) is 0 Å². The van der Waals surface area contributed by atoms with Crippen LogP contribution >= 0.6 is 0 Å². The molecule has 2 aromatic rings. The van der Waals surface area contributed by atoms with Gasteiger partial charge in [0.25, 0.3) is 17.6 Å². The number of ketones is 1. The molecule has 182 valence electrons. The summed E-state index contributed by atoms with van der Waals surface area (Å²) in [5.74, 6) is -1.62. The number of likely N-dealkylation sites (tertiary alicyclic amines) is 1. The van der Waals surface area contributed by atoms with E-state index < -0.39 is 28.9 Å². The van der Waals surface area contributed by atoms with E-state index in [2.05, 4.69) is 0 Å². The molecule has 35 heavy (non-hydrogen) atoms. The normalized spacial score (nSPS) is 22.5. The number of Topliss-reactive ketones (excluding diaryl/α,β-unsaturated/α-hetero) is 1. The standard InChI is InChI=1S/C26H27N3O6/c1-4-28-18-8-6-5-7-17(18)26(25(28)33)21(23(31)24(32)29(26)12-11-27(2)3)22(30)16-9-10-19-20(15-16)35-14-13-34-19/h5-10,15,30H,4,11-14H2,1-3H3/t26-/m0/s1. The van der Waals surface area contributed by atoms with Crippen LogP contribution in [-0.4, -0.2) is 79.4 Å². The molecular weight excluding hydrogens is 450 g/mol. The van der Waals surface area contributed by atoms with Gasteiger partial charge in [0, 0.05) is 30.8 Å². The van der Waals surface area contributed by atoms with Crippen molar-refractivity contribution >= 4 is 29.0 Å². The van der Waals surface area contributed by atoms with Crippen molar-refractivity contribution in [3.05, 3.63) is 59.2 Å². The van der Waals surface area contributed by atoms with Crippen LogP contribution in [0.1, 0.15) is 18.1 Å². The Morgan fingerprint density at radius 3 is 2.49 bits per heavy atom. The highest BCUT2D eigenvalue weighted by Crippen LogP contribution is 2.53. The number of benzene rings is 2. The third-order valence-corrected chi connectivity index (χ3v) is 6.71. The van der Waals surface area contributed by atoms with Gasteiger partial charge in [-0.05, 0) is 45.3 Å². The minimum atomic E-state index is -1.76. The summed E-state index contributed by atoms with van der Waals surface area (Å²) in [6.07, 6.45) is 0. The third-order valence-electron chi connectivity index (χ3n) is 6.71. The summed E-state index contributed by atoms with van der Waals surface area (Å²) in [5, 5.41) is 11.5. The first-order chi connectivity index (χ1) is 16.8. The van der Waals surface area contributed by atoms with Gasteiger partial charge in [0.15, 0.2) is 17.0 Å². The van der Waals surface area contributed by atoms with E-state index in [1.54, 1.807) is 47.4 Å². The lowest BCUT2D eigenvalue weighted by molar-refractivity contribution is -0.143. The minimum absolute atomic E-state index is 0.132. The number of ether oxygens (including phenoxy) is 2. The fourth-order valence-corrected chi connectivity index (χ4v) is 5.12. The van der Waals surface area contributed by atoms with Crippen molar-refractivity contribution in [2.75, 3.05) is 51.8 Å². The lowest BCUT2D eigenvalue weighted by atomic mass is 9.82. The Balaban J connectivity index is 1.78. The molecule has 3 heterocycles. The molecule has 1 saturated heterocycles. The monoisotopic (exact) mass is 477 g/mol. The van der Waals surface area contributed by atoms with Gasteiger partial charge in [-0.3, -0.25) is 14.4 Å². The molecule has 0 bridgehead atoms. The van der Waals surface area contributed by atoms with Gasteiger partial charge >= 0.3 is 0 Å². The Bertz CT molecular complexity index is 1270. The van der Waals surface area contributed by atoms with Crippen LogP contribution in [-0.2, 0) is 19.9 Å². The molecule has 2 aromatic carbocycles. The largest absolute Gasteiger partial charge is 0.507 e. The number of likely N-dealkylation sites (N-methyl/N-ethyl adjacent to an activating group) is 2. The summed E-state index contributed by atoms with van der Waals surface area (Å²) in [6, 6.07) is 11.9. The number of carbonyl (C=O) groups is 3. The number of anilines is 1. The maximum Gasteiger partial charge on any atom is 0.296 e. The first-order valence-corrected chi connectivity index (χ1v) is 11.6. The van der Waals surface area contributed by atoms with E-state index in [1.807, 2.05) is 25.9 Å². The van der Waals surface area contributed by atoms with Gasteiger partial charge in [-0.1, -0.05) is 18.2 Å². The molecule has 5 rings (SSSR count). The maximum absolute atomic E-state index is 14.1. The average Bonchev–Trinajstić information content (AvgIpc) is 3.24. The number of para-hydroxylation sites is 1. The predicted molar refractivity (Wildman–Crippen MR) is 128 cm³/mol. The summed E-state index contributed by atoms with van der Waals surface area (Å²) < 4.78 is 11.2. The minimum Gasteiger partial charge on any atom is -0.507 e. The number of hydrogen-bond acceptors (Lipinski definition) is 7.